The fourth-order valence-electron chi connectivity index (χ4n) is 0.901. The van der Waals surface area contributed by atoms with E-state index in [4.69, 9.17) is 0 Å². The first-order chi connectivity index (χ1) is 6.79. The van der Waals surface area contributed by atoms with Crippen molar-refractivity contribution in [1.29, 1.82) is 0 Å². The number of carbonyl (C=O) groups is 1. The van der Waals surface area contributed by atoms with Crippen molar-refractivity contribution in [2.24, 2.45) is 5.92 Å². The monoisotopic (exact) mass is 299 g/mol. The van der Waals surface area contributed by atoms with Crippen LogP contribution >= 0.6 is 15.9 Å². The average Bonchev–Trinajstić information content (AvgIpc) is 2.12. The topological polar surface area (TPSA) is 63.2 Å². The lowest BCUT2D eigenvalue weighted by atomic mass is 10.1. The fourth-order valence-corrected chi connectivity index (χ4v) is 2.16. The molecule has 2 atom stereocenters. The van der Waals surface area contributed by atoms with Crippen LogP contribution in [0.2, 0.25) is 0 Å². The molecule has 0 spiro atoms. The second-order valence-electron chi connectivity index (χ2n) is 3.80. The number of halogens is 1. The summed E-state index contributed by atoms with van der Waals surface area (Å²) in [4.78, 5) is 11.4. The van der Waals surface area contributed by atoms with E-state index in [1.807, 2.05) is 6.92 Å². The van der Waals surface area contributed by atoms with E-state index in [0.717, 1.165) is 18.0 Å². The van der Waals surface area contributed by atoms with Gasteiger partial charge >= 0.3 is 0 Å². The predicted molar refractivity (Wildman–Crippen MR) is 64.9 cm³/mol. The van der Waals surface area contributed by atoms with Gasteiger partial charge in [-0.3, -0.25) is 4.79 Å². The minimum absolute atomic E-state index is 0.347. The molecule has 0 aromatic carbocycles. The lowest BCUT2D eigenvalue weighted by Crippen LogP contribution is -2.39. The van der Waals surface area contributed by atoms with Gasteiger partial charge in [-0.25, -0.2) is 8.42 Å². The standard InChI is InChI=1S/C9H18BrNO3S/c1-7(4-5-10)6-11-9(12)8(2)15(3,13)14/h7-8H,4-6H2,1-3H3,(H,11,12). The minimum atomic E-state index is -3.28. The number of hydrogen-bond donors (Lipinski definition) is 1. The van der Waals surface area contributed by atoms with E-state index in [0.29, 0.717) is 12.5 Å². The Hall–Kier alpha value is -0.100. The number of sulfone groups is 1. The minimum Gasteiger partial charge on any atom is -0.355 e. The maximum atomic E-state index is 11.4. The molecule has 15 heavy (non-hydrogen) atoms. The molecule has 0 radical (unpaired) electrons. The van der Waals surface area contributed by atoms with Gasteiger partial charge in [0.1, 0.15) is 5.25 Å². The zero-order valence-electron chi connectivity index (χ0n) is 9.29. The Morgan fingerprint density at radius 3 is 2.33 bits per heavy atom. The first-order valence-electron chi connectivity index (χ1n) is 4.81. The number of rotatable bonds is 6. The summed E-state index contributed by atoms with van der Waals surface area (Å²) in [6.45, 7) is 3.93. The SMILES string of the molecule is CC(CCBr)CNC(=O)C(C)S(C)(=O)=O. The Morgan fingerprint density at radius 1 is 1.40 bits per heavy atom. The lowest BCUT2D eigenvalue weighted by Gasteiger charge is -2.13. The van der Waals surface area contributed by atoms with Gasteiger partial charge in [0.25, 0.3) is 0 Å². The third-order valence-electron chi connectivity index (χ3n) is 2.24. The van der Waals surface area contributed by atoms with Crippen molar-refractivity contribution >= 4 is 31.7 Å². The fraction of sp³-hybridized carbons (Fsp3) is 0.889. The average molecular weight is 300 g/mol. The van der Waals surface area contributed by atoms with Gasteiger partial charge in [0, 0.05) is 18.1 Å². The summed E-state index contributed by atoms with van der Waals surface area (Å²) in [7, 11) is -3.28. The van der Waals surface area contributed by atoms with Crippen LogP contribution in [-0.2, 0) is 14.6 Å². The van der Waals surface area contributed by atoms with Crippen LogP contribution in [0.4, 0.5) is 0 Å². The van der Waals surface area contributed by atoms with Crippen LogP contribution in [0.25, 0.3) is 0 Å². The Morgan fingerprint density at radius 2 is 1.93 bits per heavy atom. The molecule has 0 aliphatic heterocycles. The Labute approximate surface area is 99.9 Å². The van der Waals surface area contributed by atoms with Crippen molar-refractivity contribution in [3.8, 4) is 0 Å². The summed E-state index contributed by atoms with van der Waals surface area (Å²) in [6, 6.07) is 0. The van der Waals surface area contributed by atoms with E-state index in [9.17, 15) is 13.2 Å². The molecule has 0 rings (SSSR count). The first kappa shape index (κ1) is 14.9. The molecule has 90 valence electrons. The van der Waals surface area contributed by atoms with Crippen molar-refractivity contribution in [3.05, 3.63) is 0 Å². The number of alkyl halides is 1. The second-order valence-corrected chi connectivity index (χ2v) is 6.96. The van der Waals surface area contributed by atoms with Gasteiger partial charge in [-0.1, -0.05) is 22.9 Å². The summed E-state index contributed by atoms with van der Waals surface area (Å²) in [5, 5.41) is 2.55. The lowest BCUT2D eigenvalue weighted by molar-refractivity contribution is -0.120. The Bertz CT molecular complexity index is 302. The van der Waals surface area contributed by atoms with Crippen LogP contribution in [0, 0.1) is 5.92 Å². The molecule has 0 bridgehead atoms. The van der Waals surface area contributed by atoms with Crippen molar-refractivity contribution in [2.75, 3.05) is 18.1 Å². The van der Waals surface area contributed by atoms with E-state index in [2.05, 4.69) is 21.2 Å². The smallest absolute Gasteiger partial charge is 0.238 e. The third-order valence-corrected chi connectivity index (χ3v) is 4.19. The normalized spacial score (nSPS) is 15.7. The van der Waals surface area contributed by atoms with Gasteiger partial charge in [-0.15, -0.1) is 0 Å². The zero-order valence-corrected chi connectivity index (χ0v) is 11.7. The van der Waals surface area contributed by atoms with Crippen LogP contribution in [-0.4, -0.2) is 37.7 Å². The summed E-state index contributed by atoms with van der Waals surface area (Å²) < 4.78 is 22.1. The molecule has 0 aliphatic rings. The number of carbonyl (C=O) groups excluding carboxylic acids is 1. The van der Waals surface area contributed by atoms with Gasteiger partial charge in [-0.05, 0) is 19.3 Å². The van der Waals surface area contributed by atoms with Crippen LogP contribution in [0.15, 0.2) is 0 Å². The van der Waals surface area contributed by atoms with E-state index >= 15 is 0 Å². The molecular weight excluding hydrogens is 282 g/mol. The van der Waals surface area contributed by atoms with Crippen molar-refractivity contribution in [1.82, 2.24) is 5.32 Å². The van der Waals surface area contributed by atoms with Crippen LogP contribution in [0.3, 0.4) is 0 Å². The van der Waals surface area contributed by atoms with Crippen LogP contribution in [0.5, 0.6) is 0 Å². The van der Waals surface area contributed by atoms with Crippen molar-refractivity contribution in [2.45, 2.75) is 25.5 Å². The van der Waals surface area contributed by atoms with E-state index < -0.39 is 21.0 Å². The Kier molecular flexibility index (Phi) is 6.43. The molecule has 1 N–H and O–H groups in total. The zero-order chi connectivity index (χ0) is 12.1. The highest BCUT2D eigenvalue weighted by atomic mass is 79.9. The predicted octanol–water partition coefficient (Wildman–Crippen LogP) is 0.957. The van der Waals surface area contributed by atoms with E-state index in [-0.39, 0.29) is 0 Å². The number of hydrogen-bond acceptors (Lipinski definition) is 3. The van der Waals surface area contributed by atoms with Crippen molar-refractivity contribution < 1.29 is 13.2 Å². The summed E-state index contributed by atoms with van der Waals surface area (Å²) in [6.07, 6.45) is 2.02. The van der Waals surface area contributed by atoms with E-state index in [1.165, 1.54) is 6.92 Å². The second kappa shape index (κ2) is 6.48. The van der Waals surface area contributed by atoms with Gasteiger partial charge in [-0.2, -0.15) is 0 Å². The van der Waals surface area contributed by atoms with Gasteiger partial charge < -0.3 is 5.32 Å². The van der Waals surface area contributed by atoms with Gasteiger partial charge in [0.05, 0.1) is 0 Å². The highest BCUT2D eigenvalue weighted by Crippen LogP contribution is 2.03. The van der Waals surface area contributed by atoms with Crippen molar-refractivity contribution in [3.63, 3.8) is 0 Å². The largest absolute Gasteiger partial charge is 0.355 e. The highest BCUT2D eigenvalue weighted by molar-refractivity contribution is 9.09. The molecule has 0 aromatic heterocycles. The Balaban J connectivity index is 4.05. The summed E-state index contributed by atoms with van der Waals surface area (Å²) >= 11 is 3.31. The molecule has 0 saturated carbocycles. The summed E-state index contributed by atoms with van der Waals surface area (Å²) in [5.74, 6) is -0.0704. The molecule has 6 heteroatoms. The molecule has 0 heterocycles. The molecule has 0 aliphatic carbocycles. The molecule has 0 aromatic rings. The molecular formula is C9H18BrNO3S. The number of amides is 1. The summed E-state index contributed by atoms with van der Waals surface area (Å²) in [5.41, 5.74) is 0. The molecule has 1 amide bonds. The highest BCUT2D eigenvalue weighted by Gasteiger charge is 2.23. The van der Waals surface area contributed by atoms with Gasteiger partial charge in [0.15, 0.2) is 9.84 Å². The molecule has 2 unspecified atom stereocenters. The van der Waals surface area contributed by atoms with Gasteiger partial charge in [0.2, 0.25) is 5.91 Å². The molecule has 0 fully saturated rings. The maximum absolute atomic E-state index is 11.4. The molecule has 4 nitrogen and oxygen atoms in total. The quantitative estimate of drug-likeness (QED) is 0.743. The molecule has 0 saturated heterocycles. The van der Waals surface area contributed by atoms with Crippen LogP contribution < -0.4 is 5.32 Å². The number of nitrogens with one attached hydrogen (secondary N) is 1. The van der Waals surface area contributed by atoms with E-state index in [1.54, 1.807) is 0 Å². The maximum Gasteiger partial charge on any atom is 0.238 e. The van der Waals surface area contributed by atoms with Crippen LogP contribution in [0.1, 0.15) is 20.3 Å². The third kappa shape index (κ3) is 6.14. The first-order valence-corrected chi connectivity index (χ1v) is 7.89.